The summed E-state index contributed by atoms with van der Waals surface area (Å²) in [5, 5.41) is 2.59. The number of anilines is 2. The van der Waals surface area contributed by atoms with Gasteiger partial charge in [-0.05, 0) is 43.7 Å². The Morgan fingerprint density at radius 1 is 1.15 bits per heavy atom. The number of carbonyl (C=O) groups is 4. The van der Waals surface area contributed by atoms with Crippen molar-refractivity contribution in [2.75, 3.05) is 49.6 Å². The number of esters is 1. The molecule has 0 aliphatic carbocycles. The summed E-state index contributed by atoms with van der Waals surface area (Å²) in [6.07, 6.45) is 0.410. The molecule has 1 aromatic heterocycles. The molecule has 2 saturated heterocycles. The van der Waals surface area contributed by atoms with Gasteiger partial charge in [0.15, 0.2) is 0 Å². The highest BCUT2D eigenvalue weighted by Crippen LogP contribution is 2.29. The minimum atomic E-state index is -0.818. The maximum absolute atomic E-state index is 15.1. The maximum Gasteiger partial charge on any atom is 0.414 e. The molecule has 2 fully saturated rings. The SMILES string of the molecule is COC(=O)CC[C@H]1CN(c2ccc(N3CCN(C(=O)[C@H](C)NC(=O)c4ccc(F)nc4)CC3)c(F)c2)C(=O)O1. The second-order valence-corrected chi connectivity index (χ2v) is 9.24. The third-order valence-corrected chi connectivity index (χ3v) is 6.65. The Bertz CT molecular complexity index is 1240. The highest BCUT2D eigenvalue weighted by molar-refractivity contribution is 5.97. The molecule has 2 aromatic rings. The van der Waals surface area contributed by atoms with Crippen LogP contribution in [0.25, 0.3) is 0 Å². The van der Waals surface area contributed by atoms with Gasteiger partial charge in [0.1, 0.15) is 18.0 Å². The predicted molar refractivity (Wildman–Crippen MR) is 135 cm³/mol. The van der Waals surface area contributed by atoms with Crippen LogP contribution >= 0.6 is 0 Å². The number of methoxy groups -OCH3 is 1. The van der Waals surface area contributed by atoms with Crippen LogP contribution in [0.5, 0.6) is 0 Å². The minimum Gasteiger partial charge on any atom is -0.469 e. The number of hydrogen-bond acceptors (Lipinski definition) is 8. The zero-order valence-corrected chi connectivity index (χ0v) is 21.6. The molecule has 13 heteroatoms. The Labute approximate surface area is 223 Å². The molecule has 4 rings (SSSR count). The molecule has 39 heavy (non-hydrogen) atoms. The summed E-state index contributed by atoms with van der Waals surface area (Å²) in [7, 11) is 1.29. The summed E-state index contributed by atoms with van der Waals surface area (Å²) in [5.74, 6) is -2.46. The highest BCUT2D eigenvalue weighted by atomic mass is 19.1. The summed E-state index contributed by atoms with van der Waals surface area (Å²) in [6, 6.07) is 6.00. The molecule has 1 N–H and O–H groups in total. The molecule has 3 heterocycles. The number of rotatable bonds is 8. The van der Waals surface area contributed by atoms with E-state index in [-0.39, 0.29) is 24.4 Å². The molecular weight excluding hydrogens is 516 g/mol. The van der Waals surface area contributed by atoms with Gasteiger partial charge in [0.2, 0.25) is 11.9 Å². The van der Waals surface area contributed by atoms with Gasteiger partial charge in [0, 0.05) is 38.8 Å². The molecule has 0 bridgehead atoms. The number of carbonyl (C=O) groups excluding carboxylic acids is 4. The fourth-order valence-corrected chi connectivity index (χ4v) is 4.48. The Balaban J connectivity index is 1.30. The van der Waals surface area contributed by atoms with Gasteiger partial charge in [-0.1, -0.05) is 0 Å². The molecule has 3 amide bonds. The van der Waals surface area contributed by atoms with Gasteiger partial charge in [-0.2, -0.15) is 4.39 Å². The molecule has 2 atom stereocenters. The fraction of sp³-hybridized carbons (Fsp3) is 0.423. The zero-order chi connectivity index (χ0) is 28.1. The summed E-state index contributed by atoms with van der Waals surface area (Å²) < 4.78 is 37.9. The van der Waals surface area contributed by atoms with Gasteiger partial charge in [-0.15, -0.1) is 0 Å². The number of nitrogens with zero attached hydrogens (tertiary/aromatic N) is 4. The van der Waals surface area contributed by atoms with E-state index in [2.05, 4.69) is 15.0 Å². The second kappa shape index (κ2) is 12.0. The van der Waals surface area contributed by atoms with Crippen LogP contribution in [0.4, 0.5) is 25.0 Å². The summed E-state index contributed by atoms with van der Waals surface area (Å²) in [4.78, 5) is 57.0. The van der Waals surface area contributed by atoms with E-state index in [0.717, 1.165) is 12.3 Å². The average molecular weight is 546 g/mol. The van der Waals surface area contributed by atoms with Crippen LogP contribution in [0.15, 0.2) is 36.5 Å². The standard InChI is InChI=1S/C26H29F2N5O6/c1-16(30-24(35)17-3-7-22(28)29-14-17)25(36)32-11-9-31(10-12-32)21-6-4-18(13-20(21)27)33-15-19(39-26(33)37)5-8-23(34)38-2/h3-4,6-7,13-14,16,19H,5,8-12,15H2,1-2H3,(H,30,35)/t16-,19-/m0/s1. The largest absolute Gasteiger partial charge is 0.469 e. The van der Waals surface area contributed by atoms with Crippen LogP contribution in [-0.4, -0.2) is 85.7 Å². The Kier molecular flexibility index (Phi) is 8.57. The molecule has 0 unspecified atom stereocenters. The van der Waals surface area contributed by atoms with Gasteiger partial charge in [-0.25, -0.2) is 14.2 Å². The fourth-order valence-electron chi connectivity index (χ4n) is 4.48. The average Bonchev–Trinajstić information content (AvgIpc) is 3.31. The van der Waals surface area contributed by atoms with E-state index in [9.17, 15) is 23.6 Å². The Morgan fingerprint density at radius 2 is 1.90 bits per heavy atom. The molecule has 1 aromatic carbocycles. The number of benzene rings is 1. The first-order valence-electron chi connectivity index (χ1n) is 12.5. The number of aromatic nitrogens is 1. The first kappa shape index (κ1) is 27.7. The van der Waals surface area contributed by atoms with E-state index >= 15 is 4.39 Å². The van der Waals surface area contributed by atoms with E-state index in [4.69, 9.17) is 4.74 Å². The highest BCUT2D eigenvalue weighted by Gasteiger charge is 2.33. The molecule has 208 valence electrons. The lowest BCUT2D eigenvalue weighted by Gasteiger charge is -2.37. The molecular formula is C26H29F2N5O6. The Morgan fingerprint density at radius 3 is 2.54 bits per heavy atom. The number of nitrogens with one attached hydrogen (secondary N) is 1. The van der Waals surface area contributed by atoms with Crippen LogP contribution in [0.2, 0.25) is 0 Å². The molecule has 2 aliphatic rings. The van der Waals surface area contributed by atoms with Gasteiger partial charge in [-0.3, -0.25) is 19.3 Å². The molecule has 11 nitrogen and oxygen atoms in total. The maximum atomic E-state index is 15.1. The topological polar surface area (TPSA) is 121 Å². The lowest BCUT2D eigenvalue weighted by atomic mass is 10.1. The van der Waals surface area contributed by atoms with Crippen molar-refractivity contribution in [3.8, 4) is 0 Å². The van der Waals surface area contributed by atoms with Crippen LogP contribution in [0.1, 0.15) is 30.1 Å². The number of halogens is 2. The number of pyridine rings is 1. The van der Waals surface area contributed by atoms with Crippen molar-refractivity contribution in [1.29, 1.82) is 0 Å². The molecule has 0 spiro atoms. The van der Waals surface area contributed by atoms with Gasteiger partial charge in [0.25, 0.3) is 5.91 Å². The van der Waals surface area contributed by atoms with Crippen molar-refractivity contribution in [2.45, 2.75) is 31.9 Å². The number of piperazine rings is 1. The van der Waals surface area contributed by atoms with E-state index in [1.54, 1.807) is 28.9 Å². The van der Waals surface area contributed by atoms with E-state index in [1.807, 2.05) is 0 Å². The first-order chi connectivity index (χ1) is 18.7. The van der Waals surface area contributed by atoms with E-state index in [0.29, 0.717) is 44.0 Å². The zero-order valence-electron chi connectivity index (χ0n) is 21.6. The van der Waals surface area contributed by atoms with Crippen molar-refractivity contribution in [1.82, 2.24) is 15.2 Å². The first-order valence-corrected chi connectivity index (χ1v) is 12.5. The second-order valence-electron chi connectivity index (χ2n) is 9.24. The van der Waals surface area contributed by atoms with Crippen molar-refractivity contribution >= 4 is 35.3 Å². The summed E-state index contributed by atoms with van der Waals surface area (Å²) in [6.45, 7) is 3.13. The van der Waals surface area contributed by atoms with Crippen LogP contribution < -0.4 is 15.1 Å². The number of amides is 3. The van der Waals surface area contributed by atoms with Gasteiger partial charge < -0.3 is 24.6 Å². The van der Waals surface area contributed by atoms with Crippen LogP contribution in [0, 0.1) is 11.8 Å². The van der Waals surface area contributed by atoms with E-state index in [1.165, 1.54) is 24.1 Å². The van der Waals surface area contributed by atoms with Crippen molar-refractivity contribution in [2.24, 2.45) is 0 Å². The third kappa shape index (κ3) is 6.59. The number of ether oxygens (including phenoxy) is 2. The molecule has 0 saturated carbocycles. The normalized spacial score (nSPS) is 18.0. The van der Waals surface area contributed by atoms with Gasteiger partial charge >= 0.3 is 12.1 Å². The molecule has 0 radical (unpaired) electrons. The van der Waals surface area contributed by atoms with Crippen LogP contribution in [-0.2, 0) is 19.1 Å². The number of hydrogen-bond donors (Lipinski definition) is 1. The lowest BCUT2D eigenvalue weighted by Crippen LogP contribution is -2.54. The van der Waals surface area contributed by atoms with E-state index < -0.39 is 41.9 Å². The predicted octanol–water partition coefficient (Wildman–Crippen LogP) is 2.11. The van der Waals surface area contributed by atoms with Crippen molar-refractivity contribution < 1.29 is 37.4 Å². The quantitative estimate of drug-likeness (QED) is 0.396. The number of cyclic esters (lactones) is 1. The van der Waals surface area contributed by atoms with Crippen LogP contribution in [0.3, 0.4) is 0 Å². The van der Waals surface area contributed by atoms with Gasteiger partial charge in [0.05, 0.1) is 30.6 Å². The third-order valence-electron chi connectivity index (χ3n) is 6.65. The van der Waals surface area contributed by atoms with Crippen molar-refractivity contribution in [3.63, 3.8) is 0 Å². The smallest absolute Gasteiger partial charge is 0.414 e. The molecule has 2 aliphatic heterocycles. The lowest BCUT2D eigenvalue weighted by molar-refractivity contribution is -0.141. The summed E-state index contributed by atoms with van der Waals surface area (Å²) in [5.41, 5.74) is 0.820. The summed E-state index contributed by atoms with van der Waals surface area (Å²) >= 11 is 0. The monoisotopic (exact) mass is 545 g/mol. The minimum absolute atomic E-state index is 0.112. The Hall–Kier alpha value is -4.29. The van der Waals surface area contributed by atoms with Crippen molar-refractivity contribution in [3.05, 3.63) is 53.9 Å².